The van der Waals surface area contributed by atoms with E-state index < -0.39 is 0 Å². The number of aromatic nitrogens is 4. The molecule has 33 heavy (non-hydrogen) atoms. The van der Waals surface area contributed by atoms with Crippen molar-refractivity contribution in [3.8, 4) is 22.8 Å². The Morgan fingerprint density at radius 2 is 1.79 bits per heavy atom. The molecule has 0 aliphatic rings. The lowest BCUT2D eigenvalue weighted by atomic mass is 10.1. The first-order valence-electron chi connectivity index (χ1n) is 10.3. The highest BCUT2D eigenvalue weighted by atomic mass is 32.1. The van der Waals surface area contributed by atoms with Gasteiger partial charge in [-0.2, -0.15) is 5.10 Å². The minimum atomic E-state index is -0.387. The van der Waals surface area contributed by atoms with Crippen molar-refractivity contribution < 1.29 is 19.0 Å². The lowest BCUT2D eigenvalue weighted by Gasteiger charge is -2.20. The normalized spacial score (nSPS) is 10.8. The number of esters is 1. The zero-order valence-electron chi connectivity index (χ0n) is 18.5. The summed E-state index contributed by atoms with van der Waals surface area (Å²) >= 11 is 1.55. The van der Waals surface area contributed by atoms with E-state index in [1.807, 2.05) is 42.5 Å². The van der Waals surface area contributed by atoms with E-state index >= 15 is 0 Å². The predicted molar refractivity (Wildman–Crippen MR) is 126 cm³/mol. The number of rotatable bonds is 9. The number of anilines is 1. The molecule has 170 valence electrons. The number of hydrogen-bond acceptors (Lipinski definition) is 10. The lowest BCUT2D eigenvalue weighted by Crippen LogP contribution is -2.32. The zero-order valence-corrected chi connectivity index (χ0v) is 19.3. The van der Waals surface area contributed by atoms with E-state index in [0.717, 1.165) is 15.2 Å². The second-order valence-corrected chi connectivity index (χ2v) is 8.03. The maximum atomic E-state index is 12.3. The number of para-hydroxylation sites is 1. The molecule has 4 aromatic rings. The molecular weight excluding hydrogens is 442 g/mol. The Bertz CT molecular complexity index is 1210. The van der Waals surface area contributed by atoms with Gasteiger partial charge in [0.05, 0.1) is 49.3 Å². The standard InChI is InChI=1S/C23H23N5O4S/c1-4-32-21(29)14-28(13-20-25-15-8-5-6-11-19(15)33-20)23-26-16(12-24-27-23)22-17(30-2)9-7-10-18(22)31-3/h5-12H,4,13-14H2,1-3H3. The summed E-state index contributed by atoms with van der Waals surface area (Å²) in [6.07, 6.45) is 1.53. The van der Waals surface area contributed by atoms with Crippen molar-refractivity contribution in [3.05, 3.63) is 53.7 Å². The first-order chi connectivity index (χ1) is 16.1. The monoisotopic (exact) mass is 465 g/mol. The largest absolute Gasteiger partial charge is 0.496 e. The molecule has 0 saturated heterocycles. The molecular formula is C23H23N5O4S. The highest BCUT2D eigenvalue weighted by molar-refractivity contribution is 7.18. The molecule has 0 saturated carbocycles. The van der Waals surface area contributed by atoms with Gasteiger partial charge in [0, 0.05) is 0 Å². The Morgan fingerprint density at radius 1 is 1.03 bits per heavy atom. The topological polar surface area (TPSA) is 99.6 Å². The highest BCUT2D eigenvalue weighted by Crippen LogP contribution is 2.37. The second kappa shape index (κ2) is 10.2. The van der Waals surface area contributed by atoms with E-state index in [4.69, 9.17) is 14.2 Å². The molecule has 0 aliphatic carbocycles. The summed E-state index contributed by atoms with van der Waals surface area (Å²) < 4.78 is 17.2. The van der Waals surface area contributed by atoms with Gasteiger partial charge in [0.2, 0.25) is 5.95 Å². The van der Waals surface area contributed by atoms with E-state index in [9.17, 15) is 4.79 Å². The van der Waals surface area contributed by atoms with Gasteiger partial charge >= 0.3 is 5.97 Å². The number of carbonyl (C=O) groups is 1. The molecule has 0 amide bonds. The van der Waals surface area contributed by atoms with E-state index in [2.05, 4.69) is 20.2 Å². The van der Waals surface area contributed by atoms with E-state index in [1.165, 1.54) is 6.20 Å². The molecule has 0 fully saturated rings. The summed E-state index contributed by atoms with van der Waals surface area (Å²) in [5.41, 5.74) is 2.06. The van der Waals surface area contributed by atoms with Gasteiger partial charge < -0.3 is 19.1 Å². The summed E-state index contributed by atoms with van der Waals surface area (Å²) in [5, 5.41) is 9.15. The molecule has 0 aliphatic heterocycles. The molecule has 0 bridgehead atoms. The van der Waals surface area contributed by atoms with Crippen LogP contribution >= 0.6 is 11.3 Å². The Labute approximate surface area is 195 Å². The lowest BCUT2D eigenvalue weighted by molar-refractivity contribution is -0.141. The van der Waals surface area contributed by atoms with Crippen LogP contribution in [0.4, 0.5) is 5.95 Å². The van der Waals surface area contributed by atoms with Crippen LogP contribution in [0.25, 0.3) is 21.5 Å². The molecule has 0 unspecified atom stereocenters. The van der Waals surface area contributed by atoms with Crippen molar-refractivity contribution in [1.29, 1.82) is 0 Å². The number of benzene rings is 2. The third kappa shape index (κ3) is 5.01. The van der Waals surface area contributed by atoms with Crippen LogP contribution in [-0.4, -0.2) is 53.5 Å². The predicted octanol–water partition coefficient (Wildman–Crippen LogP) is 3.74. The highest BCUT2D eigenvalue weighted by Gasteiger charge is 2.21. The van der Waals surface area contributed by atoms with Crippen LogP contribution in [0.15, 0.2) is 48.7 Å². The fourth-order valence-corrected chi connectivity index (χ4v) is 4.35. The average molecular weight is 466 g/mol. The molecule has 4 rings (SSSR count). The molecule has 0 spiro atoms. The Balaban J connectivity index is 1.72. The third-order valence-electron chi connectivity index (χ3n) is 4.80. The number of fused-ring (bicyclic) bond motifs is 1. The van der Waals surface area contributed by atoms with Gasteiger partial charge in [0.15, 0.2) is 0 Å². The average Bonchev–Trinajstić information content (AvgIpc) is 3.25. The molecule has 2 aromatic heterocycles. The zero-order chi connectivity index (χ0) is 23.2. The number of nitrogens with zero attached hydrogens (tertiary/aromatic N) is 5. The molecule has 10 heteroatoms. The maximum absolute atomic E-state index is 12.3. The van der Waals surface area contributed by atoms with Crippen molar-refractivity contribution in [2.45, 2.75) is 13.5 Å². The summed E-state index contributed by atoms with van der Waals surface area (Å²) in [6, 6.07) is 13.3. The minimum absolute atomic E-state index is 0.0437. The molecule has 2 heterocycles. The summed E-state index contributed by atoms with van der Waals surface area (Å²) in [4.78, 5) is 23.4. The molecule has 0 atom stereocenters. The van der Waals surface area contributed by atoms with Gasteiger partial charge in [0.25, 0.3) is 0 Å². The number of carbonyl (C=O) groups excluding carboxylic acids is 1. The van der Waals surface area contributed by atoms with Gasteiger partial charge in [-0.25, -0.2) is 9.97 Å². The quantitative estimate of drug-likeness (QED) is 0.342. The van der Waals surface area contributed by atoms with Crippen LogP contribution in [0.3, 0.4) is 0 Å². The summed E-state index contributed by atoms with van der Waals surface area (Å²) in [6.45, 7) is 2.33. The van der Waals surface area contributed by atoms with Gasteiger partial charge in [0.1, 0.15) is 28.7 Å². The van der Waals surface area contributed by atoms with E-state index in [-0.39, 0.29) is 25.1 Å². The number of ether oxygens (including phenoxy) is 3. The van der Waals surface area contributed by atoms with Crippen LogP contribution in [0.2, 0.25) is 0 Å². The van der Waals surface area contributed by atoms with Gasteiger partial charge in [-0.3, -0.25) is 4.79 Å². The van der Waals surface area contributed by atoms with E-state index in [0.29, 0.717) is 29.3 Å². The molecule has 0 radical (unpaired) electrons. The van der Waals surface area contributed by atoms with Crippen molar-refractivity contribution in [3.63, 3.8) is 0 Å². The van der Waals surface area contributed by atoms with Gasteiger partial charge in [-0.05, 0) is 31.2 Å². The van der Waals surface area contributed by atoms with Crippen molar-refractivity contribution in [2.75, 3.05) is 32.3 Å². The molecule has 2 aromatic carbocycles. The van der Waals surface area contributed by atoms with Gasteiger partial charge in [-0.15, -0.1) is 16.4 Å². The second-order valence-electron chi connectivity index (χ2n) is 6.92. The van der Waals surface area contributed by atoms with Crippen molar-refractivity contribution >= 4 is 33.5 Å². The maximum Gasteiger partial charge on any atom is 0.325 e. The first-order valence-corrected chi connectivity index (χ1v) is 11.1. The van der Waals surface area contributed by atoms with Crippen molar-refractivity contribution in [1.82, 2.24) is 20.2 Å². The first kappa shape index (κ1) is 22.4. The summed E-state index contributed by atoms with van der Waals surface area (Å²) in [7, 11) is 3.15. The Kier molecular flexibility index (Phi) is 6.94. The van der Waals surface area contributed by atoms with Crippen LogP contribution < -0.4 is 14.4 Å². The fraction of sp³-hybridized carbons (Fsp3) is 0.261. The molecule has 9 nitrogen and oxygen atoms in total. The summed E-state index contributed by atoms with van der Waals surface area (Å²) in [5.74, 6) is 1.06. The number of methoxy groups -OCH3 is 2. The van der Waals surface area contributed by atoms with E-state index in [1.54, 1.807) is 37.4 Å². The van der Waals surface area contributed by atoms with Gasteiger partial charge in [-0.1, -0.05) is 18.2 Å². The number of hydrogen-bond donors (Lipinski definition) is 0. The van der Waals surface area contributed by atoms with Crippen molar-refractivity contribution in [2.24, 2.45) is 0 Å². The molecule has 0 N–H and O–H groups in total. The third-order valence-corrected chi connectivity index (χ3v) is 5.83. The Morgan fingerprint density at radius 3 is 2.48 bits per heavy atom. The van der Waals surface area contributed by atoms with Crippen LogP contribution in [0, 0.1) is 0 Å². The minimum Gasteiger partial charge on any atom is -0.496 e. The van der Waals surface area contributed by atoms with Crippen LogP contribution in [0.5, 0.6) is 11.5 Å². The SMILES string of the molecule is CCOC(=O)CN(Cc1nc2ccccc2s1)c1nncc(-c2c(OC)cccc2OC)n1. The van der Waals surface area contributed by atoms with Crippen LogP contribution in [0.1, 0.15) is 11.9 Å². The van der Waals surface area contributed by atoms with Crippen LogP contribution in [-0.2, 0) is 16.1 Å². The Hall–Kier alpha value is -3.79. The smallest absolute Gasteiger partial charge is 0.325 e. The fourth-order valence-electron chi connectivity index (χ4n) is 3.36. The number of thiazole rings is 1.